The van der Waals surface area contributed by atoms with Crippen molar-refractivity contribution >= 4 is 28.3 Å². The van der Waals surface area contributed by atoms with Crippen LogP contribution in [0.4, 0.5) is 24.5 Å². The lowest BCUT2D eigenvalue weighted by Gasteiger charge is -2.29. The van der Waals surface area contributed by atoms with Gasteiger partial charge in [-0.1, -0.05) is 11.8 Å². The summed E-state index contributed by atoms with van der Waals surface area (Å²) >= 11 is 1.06. The molecular weight excluding hydrogens is 329 g/mol. The van der Waals surface area contributed by atoms with Crippen LogP contribution < -0.4 is 10.2 Å². The topological polar surface area (TPSA) is 60.6 Å². The Bertz CT molecular complexity index is 621. The van der Waals surface area contributed by atoms with E-state index in [-0.39, 0.29) is 10.9 Å². The molecule has 1 aromatic rings. The van der Waals surface area contributed by atoms with Gasteiger partial charge in [-0.15, -0.1) is 0 Å². The van der Waals surface area contributed by atoms with Gasteiger partial charge in [0.05, 0.1) is 24.5 Å². The van der Waals surface area contributed by atoms with Crippen LogP contribution >= 0.6 is 11.8 Å². The van der Waals surface area contributed by atoms with Crippen LogP contribution in [0.3, 0.4) is 0 Å². The van der Waals surface area contributed by atoms with E-state index in [0.29, 0.717) is 32.0 Å². The zero-order valence-corrected chi connectivity index (χ0v) is 13.2. The first-order valence-electron chi connectivity index (χ1n) is 6.77. The van der Waals surface area contributed by atoms with Crippen LogP contribution in [0.2, 0.25) is 0 Å². The molecule has 1 N–H and O–H groups in total. The molecule has 1 saturated heterocycles. The lowest BCUT2D eigenvalue weighted by molar-refractivity contribution is -0.137. The summed E-state index contributed by atoms with van der Waals surface area (Å²) in [5.41, 5.74) is -0.562. The number of anilines is 1. The fourth-order valence-electron chi connectivity index (χ4n) is 2.15. The molecule has 0 atom stereocenters. The van der Waals surface area contributed by atoms with Gasteiger partial charge in [0.1, 0.15) is 0 Å². The van der Waals surface area contributed by atoms with E-state index >= 15 is 0 Å². The molecule has 1 heterocycles. The maximum atomic E-state index is 13.3. The molecule has 2 rings (SSSR count). The molecule has 0 aliphatic carbocycles. The third-order valence-electron chi connectivity index (χ3n) is 3.24. The molecule has 1 aliphatic rings. The third kappa shape index (κ3) is 4.53. The van der Waals surface area contributed by atoms with Crippen molar-refractivity contribution in [1.82, 2.24) is 5.32 Å². The number of morpholine rings is 1. The fourth-order valence-corrected chi connectivity index (χ4v) is 2.49. The van der Waals surface area contributed by atoms with E-state index in [4.69, 9.17) is 10.00 Å². The van der Waals surface area contributed by atoms with E-state index in [1.54, 1.807) is 18.5 Å². The lowest BCUT2D eigenvalue weighted by Crippen LogP contribution is -2.36. The van der Waals surface area contributed by atoms with Crippen molar-refractivity contribution in [2.75, 3.05) is 37.5 Å². The highest BCUT2D eigenvalue weighted by molar-refractivity contribution is 8.13. The molecule has 0 saturated carbocycles. The lowest BCUT2D eigenvalue weighted by atomic mass is 10.1. The minimum Gasteiger partial charge on any atom is -0.378 e. The molecule has 0 spiro atoms. The fraction of sp³-hybridized carbons (Fsp3) is 0.429. The summed E-state index contributed by atoms with van der Waals surface area (Å²) in [6, 6.07) is 4.01. The van der Waals surface area contributed by atoms with Crippen LogP contribution in [0.1, 0.15) is 5.56 Å². The Kier molecular flexibility index (Phi) is 5.74. The average Bonchev–Trinajstić information content (AvgIpc) is 2.54. The van der Waals surface area contributed by atoms with Crippen LogP contribution in [0, 0.1) is 11.5 Å². The molecule has 5 nitrogen and oxygen atoms in total. The van der Waals surface area contributed by atoms with Gasteiger partial charge >= 0.3 is 6.18 Å². The zero-order chi connectivity index (χ0) is 16.9. The van der Waals surface area contributed by atoms with E-state index < -0.39 is 11.7 Å². The summed E-state index contributed by atoms with van der Waals surface area (Å²) in [5.74, 6) is 0. The normalized spacial score (nSPS) is 16.1. The predicted molar refractivity (Wildman–Crippen MR) is 83.8 cm³/mol. The van der Waals surface area contributed by atoms with Crippen molar-refractivity contribution in [2.45, 2.75) is 6.18 Å². The maximum Gasteiger partial charge on any atom is 0.418 e. The Morgan fingerprint density at radius 2 is 2.09 bits per heavy atom. The predicted octanol–water partition coefficient (Wildman–Crippen LogP) is 2.96. The SMILES string of the molecule is CSC(=Nc1ccc(N2CCOCC2)cc1C(F)(F)F)NC#N. The third-order valence-corrected chi connectivity index (χ3v) is 3.82. The van der Waals surface area contributed by atoms with E-state index in [1.165, 1.54) is 6.07 Å². The number of hydrogen-bond donors (Lipinski definition) is 1. The number of thioether (sulfide) groups is 1. The number of nitrogens with one attached hydrogen (secondary N) is 1. The first-order valence-corrected chi connectivity index (χ1v) is 8.00. The van der Waals surface area contributed by atoms with Crippen molar-refractivity contribution in [3.8, 4) is 6.19 Å². The number of benzene rings is 1. The van der Waals surface area contributed by atoms with Gasteiger partial charge in [-0.25, -0.2) is 4.99 Å². The second-order valence-corrected chi connectivity index (χ2v) is 5.45. The van der Waals surface area contributed by atoms with Crippen molar-refractivity contribution in [3.05, 3.63) is 23.8 Å². The smallest absolute Gasteiger partial charge is 0.378 e. The van der Waals surface area contributed by atoms with Gasteiger partial charge in [0, 0.05) is 18.8 Å². The quantitative estimate of drug-likeness (QED) is 0.387. The summed E-state index contributed by atoms with van der Waals surface area (Å²) in [6.45, 7) is 2.08. The monoisotopic (exact) mass is 344 g/mol. The molecule has 1 aliphatic heterocycles. The van der Waals surface area contributed by atoms with Crippen molar-refractivity contribution in [3.63, 3.8) is 0 Å². The summed E-state index contributed by atoms with van der Waals surface area (Å²) in [7, 11) is 0. The highest BCUT2D eigenvalue weighted by atomic mass is 32.2. The Morgan fingerprint density at radius 3 is 2.65 bits per heavy atom. The number of nitrogens with zero attached hydrogens (tertiary/aromatic N) is 3. The van der Waals surface area contributed by atoms with Crippen molar-refractivity contribution < 1.29 is 17.9 Å². The zero-order valence-electron chi connectivity index (χ0n) is 12.4. The Hall–Kier alpha value is -1.92. The van der Waals surface area contributed by atoms with E-state index in [2.05, 4.69) is 10.3 Å². The molecule has 23 heavy (non-hydrogen) atoms. The molecule has 0 amide bonds. The molecule has 0 bridgehead atoms. The summed E-state index contributed by atoms with van der Waals surface area (Å²) in [4.78, 5) is 5.74. The Morgan fingerprint density at radius 1 is 1.39 bits per heavy atom. The van der Waals surface area contributed by atoms with Crippen LogP contribution in [0.15, 0.2) is 23.2 Å². The van der Waals surface area contributed by atoms with Gasteiger partial charge in [-0.3, -0.25) is 5.32 Å². The standard InChI is InChI=1S/C14H15F3N4OS/c1-23-13(19-9-18)20-12-3-2-10(8-11(12)14(15,16)17)21-4-6-22-7-5-21/h2-3,8H,4-7H2,1H3,(H,19,20). The van der Waals surface area contributed by atoms with E-state index in [0.717, 1.165) is 17.8 Å². The highest BCUT2D eigenvalue weighted by Crippen LogP contribution is 2.39. The molecule has 1 aromatic carbocycles. The second kappa shape index (κ2) is 7.57. The molecule has 9 heteroatoms. The number of halogens is 3. The number of hydrogen-bond acceptors (Lipinski definition) is 5. The average molecular weight is 344 g/mol. The largest absolute Gasteiger partial charge is 0.418 e. The number of alkyl halides is 3. The second-order valence-electron chi connectivity index (χ2n) is 4.66. The van der Waals surface area contributed by atoms with Crippen molar-refractivity contribution in [1.29, 1.82) is 5.26 Å². The van der Waals surface area contributed by atoms with Crippen LogP contribution in [-0.4, -0.2) is 37.7 Å². The molecule has 0 aromatic heterocycles. The van der Waals surface area contributed by atoms with Gasteiger partial charge < -0.3 is 9.64 Å². The number of amidine groups is 1. The maximum absolute atomic E-state index is 13.3. The van der Waals surface area contributed by atoms with Crippen LogP contribution in [-0.2, 0) is 10.9 Å². The van der Waals surface area contributed by atoms with Gasteiger partial charge in [-0.05, 0) is 24.5 Å². The van der Waals surface area contributed by atoms with E-state index in [1.807, 2.05) is 4.90 Å². The van der Waals surface area contributed by atoms with Crippen molar-refractivity contribution in [2.24, 2.45) is 4.99 Å². The minimum absolute atomic E-state index is 0.108. The number of rotatable bonds is 2. The highest BCUT2D eigenvalue weighted by Gasteiger charge is 2.34. The first-order chi connectivity index (χ1) is 11.0. The molecule has 0 unspecified atom stereocenters. The summed E-state index contributed by atoms with van der Waals surface area (Å²) < 4.78 is 45.2. The number of aliphatic imine (C=N–C) groups is 1. The summed E-state index contributed by atoms with van der Waals surface area (Å²) in [5, 5.41) is 11.0. The first kappa shape index (κ1) is 17.4. The van der Waals surface area contributed by atoms with Crippen LogP contribution in [0.25, 0.3) is 0 Å². The van der Waals surface area contributed by atoms with Gasteiger partial charge in [0.2, 0.25) is 0 Å². The molecule has 124 valence electrons. The Balaban J connectivity index is 2.41. The van der Waals surface area contributed by atoms with E-state index in [9.17, 15) is 13.2 Å². The Labute approximate surface area is 136 Å². The van der Waals surface area contributed by atoms with Crippen LogP contribution in [0.5, 0.6) is 0 Å². The van der Waals surface area contributed by atoms with Gasteiger partial charge in [0.25, 0.3) is 0 Å². The molecular formula is C14H15F3N4OS. The molecule has 1 fully saturated rings. The minimum atomic E-state index is -4.53. The summed E-state index contributed by atoms with van der Waals surface area (Å²) in [6.07, 6.45) is -1.25. The number of nitriles is 1. The molecule has 0 radical (unpaired) electrons. The van der Waals surface area contributed by atoms with Gasteiger partial charge in [-0.2, -0.15) is 18.4 Å². The number of ether oxygens (including phenoxy) is 1. The van der Waals surface area contributed by atoms with Gasteiger partial charge in [0.15, 0.2) is 11.4 Å².